The van der Waals surface area contributed by atoms with Crippen LogP contribution in [0.25, 0.3) is 0 Å². The van der Waals surface area contributed by atoms with Gasteiger partial charge in [-0.15, -0.1) is 0 Å². The maximum absolute atomic E-state index is 12.8. The van der Waals surface area contributed by atoms with E-state index in [4.69, 9.17) is 27.9 Å². The molecule has 0 fully saturated rings. The van der Waals surface area contributed by atoms with Crippen LogP contribution in [0.3, 0.4) is 0 Å². The molecule has 0 aromatic heterocycles. The Morgan fingerprint density at radius 1 is 1.18 bits per heavy atom. The van der Waals surface area contributed by atoms with E-state index in [1.54, 1.807) is 31.2 Å². The van der Waals surface area contributed by atoms with Gasteiger partial charge in [-0.2, -0.15) is 0 Å². The number of likely N-dealkylation sites (N-methyl/N-ethyl adjacent to an activating group) is 1. The number of aryl methyl sites for hydroxylation is 1. The average Bonchev–Trinajstić information content (AvgIpc) is 2.68. The van der Waals surface area contributed by atoms with Crippen molar-refractivity contribution in [2.24, 2.45) is 0 Å². The molecule has 1 atom stereocenters. The van der Waals surface area contributed by atoms with Crippen molar-refractivity contribution in [1.82, 2.24) is 10.2 Å². The summed E-state index contributed by atoms with van der Waals surface area (Å²) in [5.41, 5.74) is 1.76. The number of nitrogens with one attached hydrogen (secondary N) is 1. The summed E-state index contributed by atoms with van der Waals surface area (Å²) in [6, 6.07) is 9.90. The fourth-order valence-corrected chi connectivity index (χ4v) is 3.13. The number of carbonyl (C=O) groups is 2. The predicted molar refractivity (Wildman–Crippen MR) is 115 cm³/mol. The molecule has 2 rings (SSSR count). The number of rotatable bonds is 7. The molecule has 0 aliphatic carbocycles. The Bertz CT molecular complexity index is 877. The topological polar surface area (TPSA) is 58.6 Å². The van der Waals surface area contributed by atoms with E-state index in [-0.39, 0.29) is 25.0 Å². The molecule has 0 saturated heterocycles. The lowest BCUT2D eigenvalue weighted by molar-refractivity contribution is -0.142. The van der Waals surface area contributed by atoms with E-state index < -0.39 is 6.04 Å². The fourth-order valence-electron chi connectivity index (χ4n) is 2.56. The second-order valence-corrected chi connectivity index (χ2v) is 7.93. The van der Waals surface area contributed by atoms with Gasteiger partial charge in [0.25, 0.3) is 5.91 Å². The van der Waals surface area contributed by atoms with Gasteiger partial charge in [-0.05, 0) is 55.3 Å². The number of nitrogens with zero attached hydrogens (tertiary/aromatic N) is 1. The number of carbonyl (C=O) groups excluding carboxylic acids is 2. The first-order chi connectivity index (χ1) is 13.2. The van der Waals surface area contributed by atoms with Crippen LogP contribution in [0.15, 0.2) is 40.9 Å². The number of hydrogen-bond donors (Lipinski definition) is 1. The summed E-state index contributed by atoms with van der Waals surface area (Å²) in [6.45, 7) is 3.61. The van der Waals surface area contributed by atoms with Crippen molar-refractivity contribution in [3.8, 4) is 5.75 Å². The third kappa shape index (κ3) is 5.87. The first-order valence-electron chi connectivity index (χ1n) is 8.57. The van der Waals surface area contributed by atoms with Crippen LogP contribution in [0, 0.1) is 6.92 Å². The van der Waals surface area contributed by atoms with Crippen molar-refractivity contribution in [3.05, 3.63) is 62.0 Å². The summed E-state index contributed by atoms with van der Waals surface area (Å²) in [4.78, 5) is 26.4. The lowest BCUT2D eigenvalue weighted by Crippen LogP contribution is -2.48. The normalized spacial score (nSPS) is 11.6. The van der Waals surface area contributed by atoms with Crippen molar-refractivity contribution in [2.75, 3.05) is 13.7 Å². The van der Waals surface area contributed by atoms with Crippen LogP contribution in [0.2, 0.25) is 10.0 Å². The molecule has 8 heteroatoms. The van der Waals surface area contributed by atoms with Gasteiger partial charge in [0.15, 0.2) is 6.61 Å². The lowest BCUT2D eigenvalue weighted by Gasteiger charge is -2.28. The van der Waals surface area contributed by atoms with E-state index in [0.29, 0.717) is 15.8 Å². The average molecular weight is 488 g/mol. The third-order valence-electron chi connectivity index (χ3n) is 4.24. The monoisotopic (exact) mass is 486 g/mol. The minimum Gasteiger partial charge on any atom is -0.484 e. The SMILES string of the molecule is CNC(=O)[C@@H](C)N(Cc1ccc(Cl)c(Cl)c1)C(=O)COc1ccc(Br)c(C)c1. The first-order valence-corrected chi connectivity index (χ1v) is 10.1. The molecule has 0 spiro atoms. The van der Waals surface area contributed by atoms with Gasteiger partial charge in [0.2, 0.25) is 5.91 Å². The van der Waals surface area contributed by atoms with Gasteiger partial charge >= 0.3 is 0 Å². The highest BCUT2D eigenvalue weighted by atomic mass is 79.9. The molecule has 2 aromatic carbocycles. The van der Waals surface area contributed by atoms with Crippen molar-refractivity contribution in [3.63, 3.8) is 0 Å². The summed E-state index contributed by atoms with van der Waals surface area (Å²) >= 11 is 15.5. The lowest BCUT2D eigenvalue weighted by atomic mass is 10.1. The Balaban J connectivity index is 2.16. The van der Waals surface area contributed by atoms with Crippen LogP contribution >= 0.6 is 39.1 Å². The molecule has 2 amide bonds. The molecule has 0 bridgehead atoms. The molecule has 0 aliphatic heterocycles. The predicted octanol–water partition coefficient (Wildman–Crippen LogP) is 4.61. The Hall–Kier alpha value is -1.76. The fraction of sp³-hybridized carbons (Fsp3) is 0.300. The minimum absolute atomic E-state index is 0.191. The molecule has 28 heavy (non-hydrogen) atoms. The van der Waals surface area contributed by atoms with Crippen LogP contribution in [-0.4, -0.2) is 36.4 Å². The molecule has 5 nitrogen and oxygen atoms in total. The maximum atomic E-state index is 12.8. The summed E-state index contributed by atoms with van der Waals surface area (Å²) in [6.07, 6.45) is 0. The van der Waals surface area contributed by atoms with Crippen LogP contribution in [0.1, 0.15) is 18.1 Å². The van der Waals surface area contributed by atoms with Gasteiger partial charge in [0.1, 0.15) is 11.8 Å². The smallest absolute Gasteiger partial charge is 0.261 e. The minimum atomic E-state index is -0.679. The van der Waals surface area contributed by atoms with E-state index in [2.05, 4.69) is 21.2 Å². The standard InChI is InChI=1S/C20H21BrCl2N2O3/c1-12-8-15(5-6-16(12)21)28-11-19(26)25(13(2)20(27)24-3)10-14-4-7-17(22)18(23)9-14/h4-9,13H,10-11H2,1-3H3,(H,24,27)/t13-/m1/s1. The number of amides is 2. The second kappa shape index (κ2) is 10.1. The summed E-state index contributed by atoms with van der Waals surface area (Å²) in [7, 11) is 1.53. The van der Waals surface area contributed by atoms with Crippen molar-refractivity contribution in [2.45, 2.75) is 26.4 Å². The maximum Gasteiger partial charge on any atom is 0.261 e. The van der Waals surface area contributed by atoms with E-state index in [9.17, 15) is 9.59 Å². The largest absolute Gasteiger partial charge is 0.484 e. The molecule has 0 saturated carbocycles. The second-order valence-electron chi connectivity index (χ2n) is 6.26. The third-order valence-corrected chi connectivity index (χ3v) is 5.87. The van der Waals surface area contributed by atoms with Gasteiger partial charge in [-0.3, -0.25) is 9.59 Å². The zero-order valence-electron chi connectivity index (χ0n) is 15.8. The van der Waals surface area contributed by atoms with Crippen LogP contribution in [-0.2, 0) is 16.1 Å². The molecule has 0 aliphatic rings. The van der Waals surface area contributed by atoms with Crippen LogP contribution < -0.4 is 10.1 Å². The highest BCUT2D eigenvalue weighted by Crippen LogP contribution is 2.24. The molecule has 1 N–H and O–H groups in total. The zero-order valence-corrected chi connectivity index (χ0v) is 18.9. The highest BCUT2D eigenvalue weighted by molar-refractivity contribution is 9.10. The highest BCUT2D eigenvalue weighted by Gasteiger charge is 2.26. The number of halogens is 3. The molecule has 0 unspecified atom stereocenters. The molecule has 0 radical (unpaired) electrons. The van der Waals surface area contributed by atoms with E-state index in [1.807, 2.05) is 19.1 Å². The van der Waals surface area contributed by atoms with Gasteiger partial charge in [-0.1, -0.05) is 45.2 Å². The van der Waals surface area contributed by atoms with Crippen molar-refractivity contribution in [1.29, 1.82) is 0 Å². The number of hydrogen-bond acceptors (Lipinski definition) is 3. The molecular weight excluding hydrogens is 467 g/mol. The Labute approximate surface area is 183 Å². The molecule has 150 valence electrons. The first kappa shape index (κ1) is 22.5. The summed E-state index contributed by atoms with van der Waals surface area (Å²) in [5.74, 6) is -0.00762. The zero-order chi connectivity index (χ0) is 20.8. The van der Waals surface area contributed by atoms with Crippen molar-refractivity contribution >= 4 is 50.9 Å². The quantitative estimate of drug-likeness (QED) is 0.620. The van der Waals surface area contributed by atoms with Crippen LogP contribution in [0.4, 0.5) is 0 Å². The molecular formula is C20H21BrCl2N2O3. The number of benzene rings is 2. The Morgan fingerprint density at radius 2 is 1.89 bits per heavy atom. The summed E-state index contributed by atoms with van der Waals surface area (Å²) in [5, 5.41) is 3.38. The molecule has 2 aromatic rings. The van der Waals surface area contributed by atoms with Gasteiger partial charge in [0.05, 0.1) is 10.0 Å². The number of ether oxygens (including phenoxy) is 1. The van der Waals surface area contributed by atoms with E-state index in [0.717, 1.165) is 15.6 Å². The molecule has 0 heterocycles. The Morgan fingerprint density at radius 3 is 2.50 bits per heavy atom. The van der Waals surface area contributed by atoms with E-state index >= 15 is 0 Å². The van der Waals surface area contributed by atoms with Crippen molar-refractivity contribution < 1.29 is 14.3 Å². The van der Waals surface area contributed by atoms with Crippen LogP contribution in [0.5, 0.6) is 5.75 Å². The van der Waals surface area contributed by atoms with Gasteiger partial charge in [0, 0.05) is 18.1 Å². The summed E-state index contributed by atoms with van der Waals surface area (Å²) < 4.78 is 6.60. The van der Waals surface area contributed by atoms with Gasteiger partial charge in [-0.25, -0.2) is 0 Å². The van der Waals surface area contributed by atoms with E-state index in [1.165, 1.54) is 11.9 Å². The Kier molecular flexibility index (Phi) is 8.16. The van der Waals surface area contributed by atoms with Gasteiger partial charge < -0.3 is 15.0 Å².